The molecule has 0 spiro atoms. The zero-order chi connectivity index (χ0) is 20.8. The van der Waals surface area contributed by atoms with Gasteiger partial charge in [0.15, 0.2) is 12.4 Å². The van der Waals surface area contributed by atoms with Crippen molar-refractivity contribution in [2.75, 3.05) is 0 Å². The van der Waals surface area contributed by atoms with E-state index in [2.05, 4.69) is 10.5 Å². The Bertz CT molecular complexity index is 1030. The van der Waals surface area contributed by atoms with E-state index in [9.17, 15) is 19.7 Å². The number of hydrogen-bond acceptors (Lipinski definition) is 7. The molecule has 1 aromatic heterocycles. The number of amides is 1. The fourth-order valence-corrected chi connectivity index (χ4v) is 2.49. The van der Waals surface area contributed by atoms with Crippen LogP contribution < -0.4 is 5.32 Å². The van der Waals surface area contributed by atoms with Crippen molar-refractivity contribution < 1.29 is 23.8 Å². The zero-order valence-electron chi connectivity index (χ0n) is 15.4. The molecular formula is C20H17N3O6. The molecule has 0 bridgehead atoms. The number of hydrogen-bond donors (Lipinski definition) is 1. The molecule has 0 unspecified atom stereocenters. The maximum atomic E-state index is 12.2. The highest BCUT2D eigenvalue weighted by molar-refractivity contribution is 5.97. The van der Waals surface area contributed by atoms with Gasteiger partial charge in [0.05, 0.1) is 4.92 Å². The van der Waals surface area contributed by atoms with E-state index in [1.54, 1.807) is 6.07 Å². The van der Waals surface area contributed by atoms with Gasteiger partial charge in [0.25, 0.3) is 11.6 Å². The molecule has 3 rings (SSSR count). The Labute approximate surface area is 165 Å². The van der Waals surface area contributed by atoms with Crippen LogP contribution in [0.25, 0.3) is 11.3 Å². The number of nitro groups is 1. The molecule has 0 aliphatic carbocycles. The van der Waals surface area contributed by atoms with Gasteiger partial charge in [-0.3, -0.25) is 14.9 Å². The van der Waals surface area contributed by atoms with Crippen molar-refractivity contribution in [1.29, 1.82) is 0 Å². The summed E-state index contributed by atoms with van der Waals surface area (Å²) in [6, 6.07) is 15.3. The number of nitro benzene ring substituents is 1. The molecule has 0 saturated heterocycles. The van der Waals surface area contributed by atoms with Crippen LogP contribution >= 0.6 is 0 Å². The van der Waals surface area contributed by atoms with E-state index in [-0.39, 0.29) is 17.9 Å². The number of ether oxygens (including phenoxy) is 1. The zero-order valence-corrected chi connectivity index (χ0v) is 15.4. The second-order valence-electron chi connectivity index (χ2n) is 6.15. The Kier molecular flexibility index (Phi) is 5.98. The summed E-state index contributed by atoms with van der Waals surface area (Å²) in [7, 11) is 0. The molecule has 29 heavy (non-hydrogen) atoms. The van der Waals surface area contributed by atoms with Gasteiger partial charge < -0.3 is 14.6 Å². The minimum atomic E-state index is -0.960. The van der Waals surface area contributed by atoms with Crippen molar-refractivity contribution in [2.24, 2.45) is 0 Å². The number of rotatable bonds is 7. The number of aromatic nitrogens is 1. The first-order valence-electron chi connectivity index (χ1n) is 8.67. The lowest BCUT2D eigenvalue weighted by molar-refractivity contribution is -0.384. The summed E-state index contributed by atoms with van der Waals surface area (Å²) < 4.78 is 10.3. The van der Waals surface area contributed by atoms with Gasteiger partial charge in [0.2, 0.25) is 0 Å². The molecule has 0 saturated carbocycles. The third kappa shape index (κ3) is 5.04. The third-order valence-electron chi connectivity index (χ3n) is 4.01. The molecular weight excluding hydrogens is 378 g/mol. The van der Waals surface area contributed by atoms with Crippen molar-refractivity contribution in [2.45, 2.75) is 19.6 Å². The monoisotopic (exact) mass is 395 g/mol. The van der Waals surface area contributed by atoms with E-state index in [0.717, 1.165) is 11.6 Å². The first-order valence-corrected chi connectivity index (χ1v) is 8.67. The van der Waals surface area contributed by atoms with Crippen LogP contribution in [-0.2, 0) is 16.1 Å². The highest BCUT2D eigenvalue weighted by Crippen LogP contribution is 2.19. The van der Waals surface area contributed by atoms with E-state index in [4.69, 9.17) is 9.26 Å². The Morgan fingerprint density at radius 3 is 2.66 bits per heavy atom. The second kappa shape index (κ2) is 8.79. The molecule has 3 aromatic rings. The predicted octanol–water partition coefficient (Wildman–Crippen LogP) is 3.11. The van der Waals surface area contributed by atoms with Crippen LogP contribution in [0, 0.1) is 10.1 Å². The SMILES string of the molecule is C[C@H](NC(=O)c1cccc([N+](=O)[O-])c1)C(=O)OCc1cc(-c2ccccc2)no1. The third-order valence-corrected chi connectivity index (χ3v) is 4.01. The second-order valence-corrected chi connectivity index (χ2v) is 6.15. The first-order chi connectivity index (χ1) is 13.9. The summed E-state index contributed by atoms with van der Waals surface area (Å²) >= 11 is 0. The van der Waals surface area contributed by atoms with Gasteiger partial charge in [-0.25, -0.2) is 4.79 Å². The summed E-state index contributed by atoms with van der Waals surface area (Å²) in [4.78, 5) is 34.5. The van der Waals surface area contributed by atoms with Gasteiger partial charge in [-0.05, 0) is 13.0 Å². The Morgan fingerprint density at radius 2 is 1.93 bits per heavy atom. The van der Waals surface area contributed by atoms with Crippen molar-refractivity contribution >= 4 is 17.6 Å². The summed E-state index contributed by atoms with van der Waals surface area (Å²) in [5, 5.41) is 17.2. The summed E-state index contributed by atoms with van der Waals surface area (Å²) in [5.41, 5.74) is 1.34. The molecule has 1 N–H and O–H groups in total. The molecule has 9 nitrogen and oxygen atoms in total. The number of esters is 1. The minimum absolute atomic E-state index is 0.0709. The lowest BCUT2D eigenvalue weighted by atomic mass is 10.1. The lowest BCUT2D eigenvalue weighted by Crippen LogP contribution is -2.39. The highest BCUT2D eigenvalue weighted by atomic mass is 16.6. The molecule has 148 valence electrons. The molecule has 0 aliphatic heterocycles. The molecule has 0 aliphatic rings. The van der Waals surface area contributed by atoms with Gasteiger partial charge in [0, 0.05) is 29.3 Å². The van der Waals surface area contributed by atoms with Crippen LogP contribution in [-0.4, -0.2) is 28.0 Å². The van der Waals surface area contributed by atoms with Crippen molar-refractivity contribution in [3.05, 3.63) is 82.1 Å². The van der Waals surface area contributed by atoms with Crippen molar-refractivity contribution in [3.63, 3.8) is 0 Å². The largest absolute Gasteiger partial charge is 0.456 e. The average molecular weight is 395 g/mol. The fourth-order valence-electron chi connectivity index (χ4n) is 2.49. The van der Waals surface area contributed by atoms with E-state index >= 15 is 0 Å². The number of benzene rings is 2. The van der Waals surface area contributed by atoms with Crippen LogP contribution in [0.4, 0.5) is 5.69 Å². The Morgan fingerprint density at radius 1 is 1.17 bits per heavy atom. The molecule has 1 amide bonds. The van der Waals surface area contributed by atoms with Gasteiger partial charge in [-0.2, -0.15) is 0 Å². The van der Waals surface area contributed by atoms with E-state index in [1.165, 1.54) is 25.1 Å². The molecule has 9 heteroatoms. The lowest BCUT2D eigenvalue weighted by Gasteiger charge is -2.12. The van der Waals surface area contributed by atoms with Gasteiger partial charge in [-0.1, -0.05) is 41.6 Å². The topological polar surface area (TPSA) is 125 Å². The number of nitrogens with one attached hydrogen (secondary N) is 1. The van der Waals surface area contributed by atoms with Crippen molar-refractivity contribution in [1.82, 2.24) is 10.5 Å². The molecule has 0 fully saturated rings. The van der Waals surface area contributed by atoms with Crippen LogP contribution in [0.1, 0.15) is 23.0 Å². The van der Waals surface area contributed by atoms with Crippen molar-refractivity contribution in [3.8, 4) is 11.3 Å². The fraction of sp³-hybridized carbons (Fsp3) is 0.150. The normalized spacial score (nSPS) is 11.5. The summed E-state index contributed by atoms with van der Waals surface area (Å²) in [6.07, 6.45) is 0. The van der Waals surface area contributed by atoms with E-state index in [0.29, 0.717) is 11.5 Å². The molecule has 1 atom stereocenters. The number of nitrogens with zero attached hydrogens (tertiary/aromatic N) is 2. The molecule has 2 aromatic carbocycles. The van der Waals surface area contributed by atoms with Crippen LogP contribution in [0.2, 0.25) is 0 Å². The smallest absolute Gasteiger partial charge is 0.328 e. The first kappa shape index (κ1) is 19.7. The number of carbonyl (C=O) groups is 2. The average Bonchev–Trinajstić information content (AvgIpc) is 3.21. The van der Waals surface area contributed by atoms with Gasteiger partial charge in [0.1, 0.15) is 11.7 Å². The standard InChI is InChI=1S/C20H17N3O6/c1-13(21-19(24)15-8-5-9-16(10-15)23(26)27)20(25)28-12-17-11-18(22-29-17)14-6-3-2-4-7-14/h2-11,13H,12H2,1H3,(H,21,24)/t13-/m0/s1. The van der Waals surface area contributed by atoms with Gasteiger partial charge >= 0.3 is 5.97 Å². The van der Waals surface area contributed by atoms with Gasteiger partial charge in [-0.15, -0.1) is 0 Å². The Hall–Kier alpha value is -4.01. The predicted molar refractivity (Wildman–Crippen MR) is 102 cm³/mol. The van der Waals surface area contributed by atoms with Crippen LogP contribution in [0.5, 0.6) is 0 Å². The molecule has 1 heterocycles. The molecule has 0 radical (unpaired) electrons. The van der Waals surface area contributed by atoms with Crippen LogP contribution in [0.3, 0.4) is 0 Å². The summed E-state index contributed by atoms with van der Waals surface area (Å²) in [5.74, 6) is -0.944. The number of carbonyl (C=O) groups excluding carboxylic acids is 2. The maximum Gasteiger partial charge on any atom is 0.328 e. The maximum absolute atomic E-state index is 12.2. The highest BCUT2D eigenvalue weighted by Gasteiger charge is 2.20. The minimum Gasteiger partial charge on any atom is -0.456 e. The summed E-state index contributed by atoms with van der Waals surface area (Å²) in [6.45, 7) is 1.31. The Balaban J connectivity index is 1.54. The number of non-ortho nitro benzene ring substituents is 1. The van der Waals surface area contributed by atoms with E-state index in [1.807, 2.05) is 30.3 Å². The quantitative estimate of drug-likeness (QED) is 0.370. The van der Waals surface area contributed by atoms with E-state index < -0.39 is 22.8 Å². The van der Waals surface area contributed by atoms with Crippen LogP contribution in [0.15, 0.2) is 65.2 Å².